The van der Waals surface area contributed by atoms with E-state index in [0.717, 1.165) is 141 Å². The fourth-order valence-electron chi connectivity index (χ4n) is 8.45. The molecule has 0 radical (unpaired) electrons. The van der Waals surface area contributed by atoms with Crippen LogP contribution in [-0.2, 0) is 28.6 Å². The topological polar surface area (TPSA) is 78.9 Å². The van der Waals surface area contributed by atoms with Crippen LogP contribution in [0.2, 0.25) is 0 Å². The molecule has 0 bridgehead atoms. The molecule has 1 unspecified atom stereocenters. The number of hydrogen-bond acceptors (Lipinski definition) is 6. The average Bonchev–Trinajstić information content (AvgIpc) is 3.46. The largest absolute Gasteiger partial charge is 0.462 e. The molecule has 0 N–H and O–H groups in total. The van der Waals surface area contributed by atoms with Gasteiger partial charge in [-0.25, -0.2) is 0 Å². The highest BCUT2D eigenvalue weighted by molar-refractivity contribution is 5.71. The minimum Gasteiger partial charge on any atom is -0.462 e. The molecule has 0 heterocycles. The summed E-state index contributed by atoms with van der Waals surface area (Å²) < 4.78 is 16.9. The summed E-state index contributed by atoms with van der Waals surface area (Å²) in [4.78, 5) is 38.4. The van der Waals surface area contributed by atoms with Crippen molar-refractivity contribution in [1.82, 2.24) is 0 Å². The maximum absolute atomic E-state index is 12.9. The van der Waals surface area contributed by atoms with Crippen LogP contribution in [0.15, 0.2) is 158 Å². The third-order valence-corrected chi connectivity index (χ3v) is 13.2. The lowest BCUT2D eigenvalue weighted by Crippen LogP contribution is -2.30. The van der Waals surface area contributed by atoms with Gasteiger partial charge in [-0.1, -0.05) is 269 Å². The van der Waals surface area contributed by atoms with Gasteiger partial charge in [0, 0.05) is 19.3 Å². The van der Waals surface area contributed by atoms with Crippen LogP contribution in [0.1, 0.15) is 271 Å². The Balaban J connectivity index is 4.56. The molecule has 0 aromatic heterocycles. The summed E-state index contributed by atoms with van der Waals surface area (Å²) in [5.41, 5.74) is 0. The second kappa shape index (κ2) is 66.5. The quantitative estimate of drug-likeness (QED) is 0.0261. The monoisotopic (exact) mass is 1100 g/mol. The Morgan fingerprint density at radius 3 is 0.825 bits per heavy atom. The molecule has 0 saturated heterocycles. The zero-order valence-electron chi connectivity index (χ0n) is 51.5. The second-order valence-electron chi connectivity index (χ2n) is 20.9. The molecule has 6 nitrogen and oxygen atoms in total. The molecule has 0 aromatic carbocycles. The van der Waals surface area contributed by atoms with E-state index in [-0.39, 0.29) is 44.0 Å². The molecule has 0 saturated carbocycles. The molecular formula is C74H118O6. The summed E-state index contributed by atoms with van der Waals surface area (Å²) in [6.45, 7) is 6.35. The van der Waals surface area contributed by atoms with Crippen LogP contribution in [0.3, 0.4) is 0 Å². The number of esters is 3. The molecule has 0 spiro atoms. The molecule has 0 aliphatic heterocycles. The Hall–Kier alpha value is -4.97. The Morgan fingerprint density at radius 2 is 0.500 bits per heavy atom. The minimum atomic E-state index is -0.824. The molecule has 0 rings (SSSR count). The highest BCUT2D eigenvalue weighted by Gasteiger charge is 2.19. The van der Waals surface area contributed by atoms with Crippen LogP contribution >= 0.6 is 0 Å². The van der Waals surface area contributed by atoms with Crippen molar-refractivity contribution >= 4 is 17.9 Å². The molecule has 0 aliphatic carbocycles. The van der Waals surface area contributed by atoms with Gasteiger partial charge in [-0.15, -0.1) is 0 Å². The summed E-state index contributed by atoms with van der Waals surface area (Å²) in [6, 6.07) is 0. The van der Waals surface area contributed by atoms with Crippen LogP contribution in [0.4, 0.5) is 0 Å². The van der Waals surface area contributed by atoms with Gasteiger partial charge in [-0.3, -0.25) is 14.4 Å². The van der Waals surface area contributed by atoms with Crippen LogP contribution in [0.25, 0.3) is 0 Å². The Labute approximate surface area is 492 Å². The number of unbranched alkanes of at least 4 members (excludes halogenated alkanes) is 20. The van der Waals surface area contributed by atoms with E-state index in [1.54, 1.807) is 0 Å². The first kappa shape index (κ1) is 75.0. The van der Waals surface area contributed by atoms with Crippen molar-refractivity contribution in [1.29, 1.82) is 0 Å². The van der Waals surface area contributed by atoms with E-state index in [1.807, 2.05) is 0 Å². The van der Waals surface area contributed by atoms with E-state index in [9.17, 15) is 14.4 Å². The summed E-state index contributed by atoms with van der Waals surface area (Å²) >= 11 is 0. The van der Waals surface area contributed by atoms with E-state index in [2.05, 4.69) is 179 Å². The molecule has 0 amide bonds. The van der Waals surface area contributed by atoms with Gasteiger partial charge < -0.3 is 14.2 Å². The van der Waals surface area contributed by atoms with Crippen molar-refractivity contribution in [3.05, 3.63) is 158 Å². The van der Waals surface area contributed by atoms with E-state index in [4.69, 9.17) is 14.2 Å². The van der Waals surface area contributed by atoms with Crippen molar-refractivity contribution in [3.63, 3.8) is 0 Å². The standard InChI is InChI=1S/C74H118O6/c1-4-7-10-13-16-19-22-25-28-31-34-36-37-39-40-43-46-49-52-55-58-61-64-67-73(76)79-70-71(69-78-72(75)66-63-60-57-54-51-48-45-42-33-30-27-24-21-18-15-12-9-6-3)80-74(77)68-65-62-59-56-53-50-47-44-41-38-35-32-29-26-23-20-17-14-11-8-5-2/h7-8,10-11,16-17,19-20,25-26,28-30,33-36,38-40,44,46-47,49,55,58,71H,4-6,9,12-15,18,21-24,27,31-32,37,41-43,45,48,50-54,56-57,59-70H2,1-3H3/b10-7-,11-8-,19-16-,20-17-,28-25-,29-26-,33-30-,36-34-,38-35-,40-39-,47-44-,49-46-,58-55-. The van der Waals surface area contributed by atoms with Crippen molar-refractivity contribution < 1.29 is 28.6 Å². The third-order valence-electron chi connectivity index (χ3n) is 13.2. The van der Waals surface area contributed by atoms with Gasteiger partial charge in [0.15, 0.2) is 6.10 Å². The highest BCUT2D eigenvalue weighted by Crippen LogP contribution is 2.14. The molecular weight excluding hydrogens is 985 g/mol. The smallest absolute Gasteiger partial charge is 0.306 e. The van der Waals surface area contributed by atoms with Crippen LogP contribution < -0.4 is 0 Å². The Kier molecular flexibility index (Phi) is 62.4. The predicted molar refractivity (Wildman–Crippen MR) is 348 cm³/mol. The fourth-order valence-corrected chi connectivity index (χ4v) is 8.45. The van der Waals surface area contributed by atoms with Gasteiger partial charge in [0.05, 0.1) is 0 Å². The highest BCUT2D eigenvalue weighted by atomic mass is 16.6. The zero-order chi connectivity index (χ0) is 57.8. The number of ether oxygens (including phenoxy) is 3. The van der Waals surface area contributed by atoms with E-state index in [0.29, 0.717) is 12.8 Å². The molecule has 450 valence electrons. The average molecular weight is 1100 g/mol. The SMILES string of the molecule is CC/C=C\C/C=C\C/C=C\C/C=C\C/C=C\C/C=C\C/C=C\CCCC(=O)OCC(COC(=O)CCCCCCCCC/C=C\CCCCCCCCC)OC(=O)CCCCCCC/C=C\C/C=C\C/C=C\C/C=C\C/C=C\CC. The first-order chi connectivity index (χ1) is 39.5. The lowest BCUT2D eigenvalue weighted by Gasteiger charge is -2.18. The van der Waals surface area contributed by atoms with Gasteiger partial charge in [0.1, 0.15) is 13.2 Å². The van der Waals surface area contributed by atoms with Gasteiger partial charge >= 0.3 is 17.9 Å². The first-order valence-electron chi connectivity index (χ1n) is 32.5. The fraction of sp³-hybridized carbons (Fsp3) is 0.608. The third kappa shape index (κ3) is 63.9. The minimum absolute atomic E-state index is 0.113. The number of carbonyl (C=O) groups excluding carboxylic acids is 3. The van der Waals surface area contributed by atoms with Crippen molar-refractivity contribution in [2.75, 3.05) is 13.2 Å². The van der Waals surface area contributed by atoms with Gasteiger partial charge in [0.2, 0.25) is 0 Å². The maximum Gasteiger partial charge on any atom is 0.306 e. The molecule has 0 aliphatic rings. The Bertz CT molecular complexity index is 1790. The van der Waals surface area contributed by atoms with E-state index in [1.165, 1.54) is 83.5 Å². The van der Waals surface area contributed by atoms with Crippen LogP contribution in [0, 0.1) is 0 Å². The van der Waals surface area contributed by atoms with Crippen LogP contribution in [0.5, 0.6) is 0 Å². The number of allylic oxidation sites excluding steroid dienone is 26. The normalized spacial score (nSPS) is 13.2. The van der Waals surface area contributed by atoms with E-state index >= 15 is 0 Å². The number of rotatable bonds is 57. The molecule has 6 heteroatoms. The first-order valence-corrected chi connectivity index (χ1v) is 32.5. The second-order valence-corrected chi connectivity index (χ2v) is 20.9. The molecule has 0 fully saturated rings. The summed E-state index contributed by atoms with van der Waals surface area (Å²) in [7, 11) is 0. The lowest BCUT2D eigenvalue weighted by molar-refractivity contribution is -0.167. The molecule has 0 aromatic rings. The lowest BCUT2D eigenvalue weighted by atomic mass is 10.1. The zero-order valence-corrected chi connectivity index (χ0v) is 51.5. The summed E-state index contributed by atoms with van der Waals surface area (Å²) in [5.74, 6) is -0.999. The van der Waals surface area contributed by atoms with Gasteiger partial charge in [-0.05, 0) is 141 Å². The summed E-state index contributed by atoms with van der Waals surface area (Å²) in [6.07, 6.45) is 96.7. The number of carbonyl (C=O) groups is 3. The number of hydrogen-bond donors (Lipinski definition) is 0. The predicted octanol–water partition coefficient (Wildman–Crippen LogP) is 22.5. The van der Waals surface area contributed by atoms with Gasteiger partial charge in [-0.2, -0.15) is 0 Å². The Morgan fingerprint density at radius 1 is 0.263 bits per heavy atom. The van der Waals surface area contributed by atoms with Crippen molar-refractivity contribution in [3.8, 4) is 0 Å². The maximum atomic E-state index is 12.9. The molecule has 1 atom stereocenters. The summed E-state index contributed by atoms with van der Waals surface area (Å²) in [5, 5.41) is 0. The van der Waals surface area contributed by atoms with Crippen molar-refractivity contribution in [2.24, 2.45) is 0 Å². The van der Waals surface area contributed by atoms with E-state index < -0.39 is 6.10 Å². The van der Waals surface area contributed by atoms with Crippen molar-refractivity contribution in [2.45, 2.75) is 277 Å². The van der Waals surface area contributed by atoms with Crippen LogP contribution in [-0.4, -0.2) is 37.2 Å². The molecule has 80 heavy (non-hydrogen) atoms. The van der Waals surface area contributed by atoms with Gasteiger partial charge in [0.25, 0.3) is 0 Å².